The summed E-state index contributed by atoms with van der Waals surface area (Å²) in [5.74, 6) is -0.114. The van der Waals surface area contributed by atoms with Crippen molar-refractivity contribution in [3.8, 4) is 0 Å². The highest BCUT2D eigenvalue weighted by Gasteiger charge is 2.07. The van der Waals surface area contributed by atoms with E-state index in [0.717, 1.165) is 70.8 Å². The molecule has 31 heavy (non-hydrogen) atoms. The quantitative estimate of drug-likeness (QED) is 0.132. The van der Waals surface area contributed by atoms with Crippen LogP contribution >= 0.6 is 0 Å². The second-order valence-corrected chi connectivity index (χ2v) is 8.76. The molecule has 0 aromatic carbocycles. The smallest absolute Gasteiger partial charge is 0.306 e. The van der Waals surface area contributed by atoms with E-state index in [1.165, 1.54) is 25.7 Å². The highest BCUT2D eigenvalue weighted by atomic mass is 16.5. The number of ether oxygens (including phenoxy) is 3. The molecule has 0 aliphatic heterocycles. The highest BCUT2D eigenvalue weighted by Crippen LogP contribution is 2.12. The summed E-state index contributed by atoms with van der Waals surface area (Å²) in [7, 11) is 0. The minimum atomic E-state index is -0.0621. The van der Waals surface area contributed by atoms with Crippen LogP contribution < -0.4 is 0 Å². The maximum Gasteiger partial charge on any atom is 0.306 e. The Morgan fingerprint density at radius 2 is 1.03 bits per heavy atom. The van der Waals surface area contributed by atoms with Crippen LogP contribution in [0.2, 0.25) is 0 Å². The standard InChI is InChI=1S/C26H50O5/c1-5-23(3)29-21-17-13-14-18-22-30-25(27)19-15-11-9-7-8-10-12-16-20-26(28)31-24(4)6-2/h23-24H,5-22H2,1-4H3. The van der Waals surface area contributed by atoms with E-state index in [2.05, 4.69) is 13.8 Å². The lowest BCUT2D eigenvalue weighted by Gasteiger charge is -2.10. The maximum atomic E-state index is 11.8. The predicted octanol–water partition coefficient (Wildman–Crippen LogP) is 7.15. The van der Waals surface area contributed by atoms with Crippen molar-refractivity contribution in [2.75, 3.05) is 13.2 Å². The van der Waals surface area contributed by atoms with E-state index in [4.69, 9.17) is 14.2 Å². The third-order valence-electron chi connectivity index (χ3n) is 5.70. The van der Waals surface area contributed by atoms with E-state index in [0.29, 0.717) is 25.6 Å². The van der Waals surface area contributed by atoms with E-state index >= 15 is 0 Å². The minimum Gasteiger partial charge on any atom is -0.466 e. The van der Waals surface area contributed by atoms with Crippen molar-refractivity contribution in [2.45, 2.75) is 143 Å². The minimum absolute atomic E-state index is 0.0366. The van der Waals surface area contributed by atoms with Crippen LogP contribution in [0.4, 0.5) is 0 Å². The van der Waals surface area contributed by atoms with Gasteiger partial charge in [0, 0.05) is 19.4 Å². The van der Waals surface area contributed by atoms with Crippen molar-refractivity contribution in [3.63, 3.8) is 0 Å². The van der Waals surface area contributed by atoms with Gasteiger partial charge >= 0.3 is 11.9 Å². The van der Waals surface area contributed by atoms with Crippen LogP contribution in [0.1, 0.15) is 130 Å². The monoisotopic (exact) mass is 442 g/mol. The summed E-state index contributed by atoms with van der Waals surface area (Å²) < 4.78 is 16.2. The fourth-order valence-corrected chi connectivity index (χ4v) is 3.18. The molecule has 0 spiro atoms. The number of hydrogen-bond donors (Lipinski definition) is 0. The van der Waals surface area contributed by atoms with Crippen molar-refractivity contribution < 1.29 is 23.8 Å². The molecule has 2 unspecified atom stereocenters. The van der Waals surface area contributed by atoms with E-state index in [1.54, 1.807) is 0 Å². The third kappa shape index (κ3) is 21.9. The first-order chi connectivity index (χ1) is 15.0. The second-order valence-electron chi connectivity index (χ2n) is 8.76. The Balaban J connectivity index is 3.28. The van der Waals surface area contributed by atoms with Crippen LogP contribution in [-0.4, -0.2) is 37.4 Å². The molecular weight excluding hydrogens is 392 g/mol. The fraction of sp³-hybridized carbons (Fsp3) is 0.923. The molecule has 0 aliphatic carbocycles. The van der Waals surface area contributed by atoms with Crippen molar-refractivity contribution >= 4 is 11.9 Å². The Kier molecular flexibility index (Phi) is 21.3. The van der Waals surface area contributed by atoms with Gasteiger partial charge in [-0.05, 0) is 58.8 Å². The Morgan fingerprint density at radius 3 is 1.58 bits per heavy atom. The van der Waals surface area contributed by atoms with Crippen molar-refractivity contribution in [1.29, 1.82) is 0 Å². The highest BCUT2D eigenvalue weighted by molar-refractivity contribution is 5.69. The molecule has 0 aromatic rings. The van der Waals surface area contributed by atoms with Crippen LogP contribution in [0.15, 0.2) is 0 Å². The average Bonchev–Trinajstić information content (AvgIpc) is 2.76. The van der Waals surface area contributed by atoms with E-state index in [1.807, 2.05) is 13.8 Å². The Bertz CT molecular complexity index is 424. The Hall–Kier alpha value is -1.10. The normalized spacial score (nSPS) is 13.0. The van der Waals surface area contributed by atoms with E-state index in [-0.39, 0.29) is 18.0 Å². The van der Waals surface area contributed by atoms with Gasteiger partial charge in [-0.2, -0.15) is 0 Å². The first-order valence-electron chi connectivity index (χ1n) is 13.0. The third-order valence-corrected chi connectivity index (χ3v) is 5.70. The Morgan fingerprint density at radius 1 is 0.581 bits per heavy atom. The lowest BCUT2D eigenvalue weighted by molar-refractivity contribution is -0.148. The molecule has 0 bridgehead atoms. The first-order valence-corrected chi connectivity index (χ1v) is 13.0. The molecule has 0 aromatic heterocycles. The number of rotatable bonds is 22. The van der Waals surface area contributed by atoms with Gasteiger partial charge in [-0.15, -0.1) is 0 Å². The molecule has 5 heteroatoms. The summed E-state index contributed by atoms with van der Waals surface area (Å²) in [4.78, 5) is 23.3. The first kappa shape index (κ1) is 29.9. The van der Waals surface area contributed by atoms with Crippen LogP contribution in [0.5, 0.6) is 0 Å². The van der Waals surface area contributed by atoms with Gasteiger partial charge in [-0.3, -0.25) is 9.59 Å². The zero-order chi connectivity index (χ0) is 23.2. The summed E-state index contributed by atoms with van der Waals surface area (Å²) in [6.07, 6.45) is 16.4. The van der Waals surface area contributed by atoms with Crippen LogP contribution in [0, 0.1) is 0 Å². The average molecular weight is 443 g/mol. The molecule has 0 N–H and O–H groups in total. The Labute approximate surface area is 192 Å². The molecule has 0 radical (unpaired) electrons. The second kappa shape index (κ2) is 22.1. The number of carbonyl (C=O) groups is 2. The molecule has 0 fully saturated rings. The molecule has 0 saturated carbocycles. The zero-order valence-electron chi connectivity index (χ0n) is 20.9. The van der Waals surface area contributed by atoms with Gasteiger partial charge in [-0.1, -0.05) is 58.8 Å². The lowest BCUT2D eigenvalue weighted by Crippen LogP contribution is -2.13. The van der Waals surface area contributed by atoms with Crippen LogP contribution in [0.3, 0.4) is 0 Å². The van der Waals surface area contributed by atoms with Gasteiger partial charge in [0.2, 0.25) is 0 Å². The van der Waals surface area contributed by atoms with Gasteiger partial charge in [0.05, 0.1) is 18.8 Å². The summed E-state index contributed by atoms with van der Waals surface area (Å²) in [5.41, 5.74) is 0. The van der Waals surface area contributed by atoms with Gasteiger partial charge < -0.3 is 14.2 Å². The molecule has 0 saturated heterocycles. The lowest BCUT2D eigenvalue weighted by atomic mass is 10.1. The summed E-state index contributed by atoms with van der Waals surface area (Å²) in [6.45, 7) is 9.59. The molecule has 0 aliphatic rings. The number of unbranched alkanes of at least 4 members (excludes halogenated alkanes) is 10. The molecule has 0 heterocycles. The number of hydrogen-bond acceptors (Lipinski definition) is 5. The molecule has 184 valence electrons. The van der Waals surface area contributed by atoms with Crippen LogP contribution in [-0.2, 0) is 23.8 Å². The number of esters is 2. The topological polar surface area (TPSA) is 61.8 Å². The van der Waals surface area contributed by atoms with Crippen LogP contribution in [0.25, 0.3) is 0 Å². The molecule has 0 amide bonds. The van der Waals surface area contributed by atoms with E-state index in [9.17, 15) is 9.59 Å². The predicted molar refractivity (Wildman–Crippen MR) is 127 cm³/mol. The van der Waals surface area contributed by atoms with E-state index < -0.39 is 0 Å². The maximum absolute atomic E-state index is 11.8. The van der Waals surface area contributed by atoms with Gasteiger partial charge in [0.25, 0.3) is 0 Å². The summed E-state index contributed by atoms with van der Waals surface area (Å²) in [5, 5.41) is 0. The summed E-state index contributed by atoms with van der Waals surface area (Å²) in [6, 6.07) is 0. The number of carbonyl (C=O) groups excluding carboxylic acids is 2. The molecular formula is C26H50O5. The molecule has 2 atom stereocenters. The SMILES string of the molecule is CCC(C)OCCCCCCOC(=O)CCCCCCCCCCC(=O)OC(C)CC. The summed E-state index contributed by atoms with van der Waals surface area (Å²) >= 11 is 0. The molecule has 0 rings (SSSR count). The van der Waals surface area contributed by atoms with Gasteiger partial charge in [0.15, 0.2) is 0 Å². The van der Waals surface area contributed by atoms with Crippen molar-refractivity contribution in [3.05, 3.63) is 0 Å². The fourth-order valence-electron chi connectivity index (χ4n) is 3.18. The zero-order valence-corrected chi connectivity index (χ0v) is 20.9. The van der Waals surface area contributed by atoms with Gasteiger partial charge in [-0.25, -0.2) is 0 Å². The van der Waals surface area contributed by atoms with Crippen molar-refractivity contribution in [1.82, 2.24) is 0 Å². The van der Waals surface area contributed by atoms with Gasteiger partial charge in [0.1, 0.15) is 0 Å². The van der Waals surface area contributed by atoms with Crippen molar-refractivity contribution in [2.24, 2.45) is 0 Å². The molecule has 5 nitrogen and oxygen atoms in total. The largest absolute Gasteiger partial charge is 0.466 e.